The summed E-state index contributed by atoms with van der Waals surface area (Å²) in [5, 5.41) is 12.3. The van der Waals surface area contributed by atoms with Crippen molar-refractivity contribution in [2.45, 2.75) is 162 Å². The number of rotatable bonds is 42. The van der Waals surface area contributed by atoms with Gasteiger partial charge >= 0.3 is 5.97 Å². The number of nitrogens with one attached hydrogen (secondary N) is 1. The molecule has 0 unspecified atom stereocenters. The molecule has 1 amide bonds. The van der Waals surface area contributed by atoms with Crippen molar-refractivity contribution in [2.75, 3.05) is 59.4 Å². The molecular weight excluding hydrogens is 682 g/mol. The predicted octanol–water partition coefficient (Wildman–Crippen LogP) is 7.16. The van der Waals surface area contributed by atoms with Crippen molar-refractivity contribution in [2.24, 2.45) is 5.92 Å². The van der Waals surface area contributed by atoms with E-state index in [0.717, 1.165) is 32.1 Å². The zero-order valence-corrected chi connectivity index (χ0v) is 33.2. The van der Waals surface area contributed by atoms with Gasteiger partial charge in [-0.25, -0.2) is 0 Å². The van der Waals surface area contributed by atoms with E-state index in [-0.39, 0.29) is 82.1 Å². The Balaban J connectivity index is 3.64. The molecule has 0 radical (unpaired) electrons. The average Bonchev–Trinajstić information content (AvgIpc) is 3.11. The molecule has 0 bridgehead atoms. The first-order chi connectivity index (χ1) is 25.6. The number of aliphatic carboxylic acids is 1. The highest BCUT2D eigenvalue weighted by molar-refractivity contribution is 5.84. The summed E-state index contributed by atoms with van der Waals surface area (Å²) in [4.78, 5) is 69.8. The molecule has 0 fully saturated rings. The maximum atomic E-state index is 12.4. The number of hydrogen-bond acceptors (Lipinski definition) is 10. The molecule has 0 aromatic heterocycles. The van der Waals surface area contributed by atoms with E-state index in [1.165, 1.54) is 84.0 Å². The van der Waals surface area contributed by atoms with Crippen LogP contribution in [-0.4, -0.2) is 99.5 Å². The number of amides is 1. The third-order valence-electron chi connectivity index (χ3n) is 8.90. The van der Waals surface area contributed by atoms with Crippen LogP contribution in [0.15, 0.2) is 0 Å². The van der Waals surface area contributed by atoms with Crippen LogP contribution >= 0.6 is 0 Å². The van der Waals surface area contributed by atoms with E-state index < -0.39 is 11.9 Å². The van der Waals surface area contributed by atoms with Gasteiger partial charge in [-0.05, 0) is 39.5 Å². The molecule has 12 nitrogen and oxygen atoms in total. The average molecular weight is 756 g/mol. The van der Waals surface area contributed by atoms with Gasteiger partial charge in [-0.2, -0.15) is 0 Å². The van der Waals surface area contributed by atoms with E-state index in [1.54, 1.807) is 6.92 Å². The number of carboxylic acid groups (broad SMARTS) is 1. The fraction of sp³-hybridized carbons (Fsp3) is 0.854. The van der Waals surface area contributed by atoms with Crippen LogP contribution < -0.4 is 5.32 Å². The molecule has 0 aromatic carbocycles. The molecular formula is C41H73NO11. The fourth-order valence-corrected chi connectivity index (χ4v) is 5.80. The van der Waals surface area contributed by atoms with E-state index >= 15 is 0 Å². The SMILES string of the molecule is CC(=O)CCCCCCCCCCCCCCCCCCC(=O)C[C@@H](CCC(=O)NCCOCCOCC(=O)CCCOCCOCC(C)=O)C(=O)O. The number of carboxylic acids is 1. The van der Waals surface area contributed by atoms with Gasteiger partial charge < -0.3 is 34.2 Å². The molecule has 0 aliphatic heterocycles. The first-order valence-corrected chi connectivity index (χ1v) is 20.4. The van der Waals surface area contributed by atoms with Crippen LogP contribution in [0.5, 0.6) is 0 Å². The maximum absolute atomic E-state index is 12.4. The first kappa shape index (κ1) is 50.5. The third kappa shape index (κ3) is 39.0. The van der Waals surface area contributed by atoms with E-state index in [9.17, 15) is 33.9 Å². The molecule has 0 aromatic rings. The van der Waals surface area contributed by atoms with Crippen molar-refractivity contribution in [3.8, 4) is 0 Å². The predicted molar refractivity (Wildman–Crippen MR) is 205 cm³/mol. The van der Waals surface area contributed by atoms with E-state index in [4.69, 9.17) is 18.9 Å². The number of carbonyl (C=O) groups excluding carboxylic acids is 5. The van der Waals surface area contributed by atoms with Crippen molar-refractivity contribution in [1.29, 1.82) is 0 Å². The minimum atomic E-state index is -1.05. The van der Waals surface area contributed by atoms with Gasteiger partial charge in [-0.15, -0.1) is 0 Å². The topological polar surface area (TPSA) is 172 Å². The Hall–Kier alpha value is -2.54. The second kappa shape index (κ2) is 37.8. The fourth-order valence-electron chi connectivity index (χ4n) is 5.80. The normalized spacial score (nSPS) is 11.7. The van der Waals surface area contributed by atoms with Gasteiger partial charge in [-0.3, -0.25) is 24.0 Å². The largest absolute Gasteiger partial charge is 0.481 e. The number of carbonyl (C=O) groups is 6. The summed E-state index contributed by atoms with van der Waals surface area (Å²) >= 11 is 0. The van der Waals surface area contributed by atoms with Gasteiger partial charge in [0.2, 0.25) is 5.91 Å². The van der Waals surface area contributed by atoms with Crippen LogP contribution in [0.1, 0.15) is 162 Å². The van der Waals surface area contributed by atoms with Crippen LogP contribution in [0.25, 0.3) is 0 Å². The molecule has 2 N–H and O–H groups in total. The van der Waals surface area contributed by atoms with Crippen LogP contribution in [-0.2, 0) is 47.7 Å². The standard InChI is InChI=1S/C41H73NO11/c1-35(43)20-17-15-13-11-9-7-5-3-4-6-8-10-12-14-16-18-21-38(45)32-37(41(48)49)23-24-40(47)42-25-27-51-29-31-53-34-39(46)22-19-26-50-28-30-52-33-36(2)44/h37H,3-34H2,1-2H3,(H,42,47)(H,48,49)/t37-/m1/s1. The molecule has 0 heterocycles. The lowest BCUT2D eigenvalue weighted by Crippen LogP contribution is -2.29. The van der Waals surface area contributed by atoms with Gasteiger partial charge in [0.25, 0.3) is 0 Å². The summed E-state index contributed by atoms with van der Waals surface area (Å²) in [5.74, 6) is -2.03. The van der Waals surface area contributed by atoms with Crippen LogP contribution in [0.3, 0.4) is 0 Å². The molecule has 0 saturated heterocycles. The Morgan fingerprint density at radius 2 is 0.925 bits per heavy atom. The van der Waals surface area contributed by atoms with Gasteiger partial charge in [0.15, 0.2) is 11.6 Å². The minimum Gasteiger partial charge on any atom is -0.481 e. The zero-order valence-electron chi connectivity index (χ0n) is 33.2. The summed E-state index contributed by atoms with van der Waals surface area (Å²) in [5.41, 5.74) is 0. The number of unbranched alkanes of at least 4 members (excludes halogenated alkanes) is 15. The molecule has 53 heavy (non-hydrogen) atoms. The first-order valence-electron chi connectivity index (χ1n) is 20.4. The van der Waals surface area contributed by atoms with Gasteiger partial charge in [0, 0.05) is 45.3 Å². The summed E-state index contributed by atoms with van der Waals surface area (Å²) in [6.07, 6.45) is 21.3. The Morgan fingerprint density at radius 3 is 1.43 bits per heavy atom. The quantitative estimate of drug-likeness (QED) is 0.0606. The van der Waals surface area contributed by atoms with Crippen molar-refractivity contribution in [3.05, 3.63) is 0 Å². The van der Waals surface area contributed by atoms with Gasteiger partial charge in [-0.1, -0.05) is 89.9 Å². The van der Waals surface area contributed by atoms with Gasteiger partial charge in [0.1, 0.15) is 24.8 Å². The molecule has 0 spiro atoms. The van der Waals surface area contributed by atoms with Crippen molar-refractivity contribution in [3.63, 3.8) is 0 Å². The number of hydrogen-bond donors (Lipinski definition) is 2. The number of ketones is 4. The molecule has 308 valence electrons. The second-order valence-electron chi connectivity index (χ2n) is 14.2. The minimum absolute atomic E-state index is 0.0102. The van der Waals surface area contributed by atoms with Gasteiger partial charge in [0.05, 0.1) is 39.0 Å². The van der Waals surface area contributed by atoms with Crippen molar-refractivity contribution in [1.82, 2.24) is 5.32 Å². The van der Waals surface area contributed by atoms with Crippen LogP contribution in [0.2, 0.25) is 0 Å². The molecule has 1 atom stereocenters. The van der Waals surface area contributed by atoms with E-state index in [1.807, 2.05) is 0 Å². The Bertz CT molecular complexity index is 972. The highest BCUT2D eigenvalue weighted by Gasteiger charge is 2.22. The molecule has 0 saturated carbocycles. The summed E-state index contributed by atoms with van der Waals surface area (Å²) in [6.45, 7) is 5.35. The molecule has 0 aliphatic carbocycles. The lowest BCUT2D eigenvalue weighted by molar-refractivity contribution is -0.144. The number of Topliss-reactive ketones (excluding diaryl/α,β-unsaturated/α-hetero) is 4. The summed E-state index contributed by atoms with van der Waals surface area (Å²) < 4.78 is 21.1. The van der Waals surface area contributed by atoms with E-state index in [0.29, 0.717) is 44.9 Å². The van der Waals surface area contributed by atoms with Crippen LogP contribution in [0.4, 0.5) is 0 Å². The molecule has 0 aliphatic rings. The second-order valence-corrected chi connectivity index (χ2v) is 14.2. The Labute approximate surface area is 319 Å². The summed E-state index contributed by atoms with van der Waals surface area (Å²) in [7, 11) is 0. The van der Waals surface area contributed by atoms with Crippen molar-refractivity contribution < 1.29 is 52.8 Å². The Morgan fingerprint density at radius 1 is 0.472 bits per heavy atom. The smallest absolute Gasteiger partial charge is 0.306 e. The number of ether oxygens (including phenoxy) is 4. The highest BCUT2D eigenvalue weighted by Crippen LogP contribution is 2.17. The van der Waals surface area contributed by atoms with Crippen molar-refractivity contribution >= 4 is 35.0 Å². The van der Waals surface area contributed by atoms with E-state index in [2.05, 4.69) is 5.32 Å². The third-order valence-corrected chi connectivity index (χ3v) is 8.90. The maximum Gasteiger partial charge on any atom is 0.306 e. The Kier molecular flexibility index (Phi) is 36.0. The monoisotopic (exact) mass is 756 g/mol. The lowest BCUT2D eigenvalue weighted by atomic mass is 9.94. The zero-order chi connectivity index (χ0) is 39.2. The molecule has 12 heteroatoms. The highest BCUT2D eigenvalue weighted by atomic mass is 16.5. The summed E-state index contributed by atoms with van der Waals surface area (Å²) in [6, 6.07) is 0. The van der Waals surface area contributed by atoms with Crippen LogP contribution in [0, 0.1) is 5.92 Å². The molecule has 0 rings (SSSR count). The lowest BCUT2D eigenvalue weighted by Gasteiger charge is -2.12.